The lowest BCUT2D eigenvalue weighted by atomic mass is 9.81. The van der Waals surface area contributed by atoms with Crippen LogP contribution in [0.2, 0.25) is 0 Å². The van der Waals surface area contributed by atoms with Crippen molar-refractivity contribution in [3.05, 3.63) is 94.0 Å². The van der Waals surface area contributed by atoms with Gasteiger partial charge in [0, 0.05) is 30.6 Å². The number of nitrogens with zero attached hydrogens (tertiary/aromatic N) is 2. The Bertz CT molecular complexity index is 1870. The topological polar surface area (TPSA) is 93.6 Å². The third kappa shape index (κ3) is 5.00. The lowest BCUT2D eigenvalue weighted by Gasteiger charge is -2.28. The van der Waals surface area contributed by atoms with Crippen LogP contribution in [0.1, 0.15) is 39.6 Å². The van der Waals surface area contributed by atoms with E-state index in [2.05, 4.69) is 47.8 Å². The molecule has 7 unspecified atom stereocenters. The number of carbonyl (C=O) groups excluding carboxylic acids is 4. The van der Waals surface area contributed by atoms with Gasteiger partial charge in [-0.1, -0.05) is 90.3 Å². The molecule has 2 amide bonds. The van der Waals surface area contributed by atoms with Crippen molar-refractivity contribution in [3.63, 3.8) is 0 Å². The van der Waals surface area contributed by atoms with E-state index >= 15 is 0 Å². The monoisotopic (exact) mass is 792 g/mol. The summed E-state index contributed by atoms with van der Waals surface area (Å²) in [5.41, 5.74) is 3.95. The molecule has 7 nitrogen and oxygen atoms in total. The number of ether oxygens (including phenoxy) is 1. The van der Waals surface area contributed by atoms with Gasteiger partial charge in [0.2, 0.25) is 17.6 Å². The molecule has 7 atom stereocenters. The molecular formula is C35H27Br3N2O5. The molecule has 1 aliphatic heterocycles. The number of Topliss-reactive ketones (excluding diaryl/α,β-unsaturated/α-hetero) is 1. The van der Waals surface area contributed by atoms with E-state index in [1.54, 1.807) is 61.5 Å². The van der Waals surface area contributed by atoms with Crippen molar-refractivity contribution < 1.29 is 23.9 Å². The molecule has 2 aliphatic carbocycles. The SMILES string of the molecule is Cc1cc(Br)cc2c(C(=O)OC(C)C(=O)c3ccccc3)cc(-c3ccc(N4C(=O)C5C6CC(C(Br)C6Br)C5C4=O)cc3)nc12. The first kappa shape index (κ1) is 30.4. The highest BCUT2D eigenvalue weighted by Crippen LogP contribution is 2.60. The Labute approximate surface area is 285 Å². The normalized spacial score (nSPS) is 25.9. The number of aryl methyl sites for hydroxylation is 1. The second-order valence-corrected chi connectivity index (χ2v) is 15.0. The Balaban J connectivity index is 1.20. The third-order valence-corrected chi connectivity index (χ3v) is 13.1. The second kappa shape index (κ2) is 11.5. The number of halogens is 3. The van der Waals surface area contributed by atoms with E-state index in [0.29, 0.717) is 33.4 Å². The van der Waals surface area contributed by atoms with Gasteiger partial charge in [-0.25, -0.2) is 9.78 Å². The molecule has 0 radical (unpaired) electrons. The highest BCUT2D eigenvalue weighted by molar-refractivity contribution is 9.12. The maximum Gasteiger partial charge on any atom is 0.339 e. The van der Waals surface area contributed by atoms with Gasteiger partial charge in [0.1, 0.15) is 0 Å². The number of benzene rings is 3. The summed E-state index contributed by atoms with van der Waals surface area (Å²) in [5.74, 6) is -1.52. The minimum Gasteiger partial charge on any atom is -0.451 e. The largest absolute Gasteiger partial charge is 0.451 e. The van der Waals surface area contributed by atoms with Crippen molar-refractivity contribution >= 4 is 87.9 Å². The standard InChI is InChI=1S/C35H27Br3N2O5/c1-16-12-20(36)13-22-23(35(44)45-17(2)32(41)19-6-4-3-5-7-19)15-26(39-31(16)22)18-8-10-21(11-9-18)40-33(42)27-24-14-25(28(27)34(40)43)30(38)29(24)37/h3-13,15,17,24-25,27-30H,14H2,1-2H3. The van der Waals surface area contributed by atoms with Crippen molar-refractivity contribution in [2.45, 2.75) is 36.0 Å². The average molecular weight is 795 g/mol. The maximum atomic E-state index is 13.6. The molecule has 0 N–H and O–H groups in total. The summed E-state index contributed by atoms with van der Waals surface area (Å²) in [6.07, 6.45) is -0.122. The summed E-state index contributed by atoms with van der Waals surface area (Å²) in [6.45, 7) is 3.47. The Kier molecular flexibility index (Phi) is 7.81. The molecule has 7 rings (SSSR count). The predicted molar refractivity (Wildman–Crippen MR) is 182 cm³/mol. The highest BCUT2D eigenvalue weighted by Gasteiger charge is 2.66. The van der Waals surface area contributed by atoms with Gasteiger partial charge in [0.05, 0.1) is 34.3 Å². The van der Waals surface area contributed by atoms with Crippen LogP contribution in [0.15, 0.2) is 77.3 Å². The smallest absolute Gasteiger partial charge is 0.339 e. The van der Waals surface area contributed by atoms with Gasteiger partial charge in [-0.3, -0.25) is 19.3 Å². The van der Waals surface area contributed by atoms with Crippen molar-refractivity contribution in [1.29, 1.82) is 0 Å². The quantitative estimate of drug-likeness (QED) is 0.0861. The molecule has 3 aromatic carbocycles. The van der Waals surface area contributed by atoms with Crippen LogP contribution in [0, 0.1) is 30.6 Å². The summed E-state index contributed by atoms with van der Waals surface area (Å²) in [6, 6.07) is 21.2. The molecule has 1 aromatic heterocycles. The van der Waals surface area contributed by atoms with E-state index in [-0.39, 0.29) is 56.5 Å². The molecular weight excluding hydrogens is 768 g/mol. The number of fused-ring (bicyclic) bond motifs is 6. The second-order valence-electron chi connectivity index (χ2n) is 12.0. The minimum absolute atomic E-state index is 0.136. The van der Waals surface area contributed by atoms with E-state index < -0.39 is 12.1 Å². The van der Waals surface area contributed by atoms with Gasteiger partial charge in [0.15, 0.2) is 6.10 Å². The van der Waals surface area contributed by atoms with Gasteiger partial charge in [-0.15, -0.1) is 0 Å². The highest BCUT2D eigenvalue weighted by atomic mass is 79.9. The van der Waals surface area contributed by atoms with Crippen LogP contribution >= 0.6 is 47.8 Å². The van der Waals surface area contributed by atoms with E-state index in [0.717, 1.165) is 16.5 Å². The molecule has 2 heterocycles. The molecule has 10 heteroatoms. The summed E-state index contributed by atoms with van der Waals surface area (Å²) < 4.78 is 6.48. The van der Waals surface area contributed by atoms with Crippen LogP contribution in [-0.4, -0.2) is 44.3 Å². The summed E-state index contributed by atoms with van der Waals surface area (Å²) in [7, 11) is 0. The fraction of sp³-hybridized carbons (Fsp3) is 0.286. The molecule has 3 aliphatic rings. The number of hydrogen-bond acceptors (Lipinski definition) is 6. The summed E-state index contributed by atoms with van der Waals surface area (Å²) in [5, 5.41) is 0.594. The molecule has 3 fully saturated rings. The number of pyridine rings is 1. The van der Waals surface area contributed by atoms with E-state index in [1.807, 2.05) is 25.1 Å². The number of amides is 2. The third-order valence-electron chi connectivity index (χ3n) is 9.41. The molecule has 228 valence electrons. The number of rotatable bonds is 6. The molecule has 0 spiro atoms. The minimum atomic E-state index is -0.996. The van der Waals surface area contributed by atoms with E-state index in [1.165, 1.54) is 4.90 Å². The first-order valence-electron chi connectivity index (χ1n) is 14.7. The van der Waals surface area contributed by atoms with E-state index in [4.69, 9.17) is 9.72 Å². The van der Waals surface area contributed by atoms with Gasteiger partial charge < -0.3 is 4.74 Å². The lowest BCUT2D eigenvalue weighted by molar-refractivity contribution is -0.123. The number of hydrogen-bond donors (Lipinski definition) is 0. The Hall–Kier alpha value is -3.21. The van der Waals surface area contributed by atoms with Gasteiger partial charge in [-0.05, 0) is 68.0 Å². The average Bonchev–Trinajstić information content (AvgIpc) is 3.65. The summed E-state index contributed by atoms with van der Waals surface area (Å²) in [4.78, 5) is 60.2. The summed E-state index contributed by atoms with van der Waals surface area (Å²) >= 11 is 11.0. The Morgan fingerprint density at radius 1 is 0.911 bits per heavy atom. The fourth-order valence-corrected chi connectivity index (χ4v) is 9.72. The first-order valence-corrected chi connectivity index (χ1v) is 17.3. The Morgan fingerprint density at radius 3 is 2.16 bits per heavy atom. The van der Waals surface area contributed by atoms with Gasteiger partial charge in [-0.2, -0.15) is 0 Å². The van der Waals surface area contributed by atoms with Crippen molar-refractivity contribution in [1.82, 2.24) is 4.98 Å². The van der Waals surface area contributed by atoms with Crippen LogP contribution in [0.25, 0.3) is 22.2 Å². The molecule has 2 bridgehead atoms. The number of esters is 1. The van der Waals surface area contributed by atoms with Gasteiger partial charge >= 0.3 is 5.97 Å². The van der Waals surface area contributed by atoms with E-state index in [9.17, 15) is 19.2 Å². The predicted octanol–water partition coefficient (Wildman–Crippen LogP) is 7.68. The van der Waals surface area contributed by atoms with Gasteiger partial charge in [0.25, 0.3) is 0 Å². The zero-order valence-corrected chi connectivity index (χ0v) is 29.0. The molecule has 45 heavy (non-hydrogen) atoms. The number of ketones is 1. The van der Waals surface area contributed by atoms with Crippen LogP contribution in [-0.2, 0) is 14.3 Å². The van der Waals surface area contributed by atoms with Crippen molar-refractivity contribution in [2.24, 2.45) is 23.7 Å². The number of anilines is 1. The Morgan fingerprint density at radius 2 is 1.53 bits per heavy atom. The number of alkyl halides is 2. The fourth-order valence-electron chi connectivity index (χ4n) is 7.27. The first-order chi connectivity index (χ1) is 21.5. The number of imide groups is 1. The number of aromatic nitrogens is 1. The van der Waals surface area contributed by atoms with Crippen molar-refractivity contribution in [3.8, 4) is 11.3 Å². The maximum absolute atomic E-state index is 13.6. The van der Waals surface area contributed by atoms with Crippen LogP contribution in [0.4, 0.5) is 5.69 Å². The molecule has 4 aromatic rings. The lowest BCUT2D eigenvalue weighted by Crippen LogP contribution is -2.37. The zero-order valence-electron chi connectivity index (χ0n) is 24.2. The van der Waals surface area contributed by atoms with Crippen LogP contribution in [0.5, 0.6) is 0 Å². The van der Waals surface area contributed by atoms with Crippen LogP contribution in [0.3, 0.4) is 0 Å². The van der Waals surface area contributed by atoms with Crippen LogP contribution < -0.4 is 4.90 Å². The number of carbonyl (C=O) groups is 4. The molecule has 1 saturated heterocycles. The zero-order chi connectivity index (χ0) is 31.7. The van der Waals surface area contributed by atoms with Crippen molar-refractivity contribution in [2.75, 3.05) is 4.90 Å². The molecule has 2 saturated carbocycles.